The molecule has 1 atom stereocenters. The van der Waals surface area contributed by atoms with Crippen LogP contribution in [0.4, 0.5) is 4.39 Å². The van der Waals surface area contributed by atoms with Gasteiger partial charge in [-0.05, 0) is 31.9 Å². The number of aryl methyl sites for hydroxylation is 1. The van der Waals surface area contributed by atoms with Crippen LogP contribution in [0.15, 0.2) is 18.2 Å². The molecule has 1 rings (SSSR count). The molecule has 0 aromatic heterocycles. The summed E-state index contributed by atoms with van der Waals surface area (Å²) in [6.45, 7) is 5.16. The number of hydrogen-bond donors (Lipinski definition) is 0. The van der Waals surface area contributed by atoms with Crippen LogP contribution < -0.4 is 0 Å². The fraction of sp³-hybridized carbons (Fsp3) is 0.429. The number of carbonyl (C=O) groups excluding carboxylic acids is 2. The molecule has 0 radical (unpaired) electrons. The van der Waals surface area contributed by atoms with Gasteiger partial charge in [0.25, 0.3) is 0 Å². The molecule has 4 heteroatoms. The summed E-state index contributed by atoms with van der Waals surface area (Å²) in [6, 6.07) is 4.58. The van der Waals surface area contributed by atoms with Crippen molar-refractivity contribution in [3.05, 3.63) is 35.1 Å². The quantitative estimate of drug-likeness (QED) is 0.460. The minimum Gasteiger partial charge on any atom is -0.465 e. The highest BCUT2D eigenvalue weighted by molar-refractivity contribution is 6.08. The standard InChI is InChI=1S/C14H17FO3/c1-4-10(14(17)18-5-2)13(16)11-8-6-7-9(3)12(11)15/h6-8,10H,4-5H2,1-3H3. The molecule has 0 fully saturated rings. The minimum atomic E-state index is -0.929. The largest absolute Gasteiger partial charge is 0.465 e. The van der Waals surface area contributed by atoms with E-state index in [1.807, 2.05) is 0 Å². The molecule has 0 aliphatic rings. The van der Waals surface area contributed by atoms with Crippen LogP contribution in [0.5, 0.6) is 0 Å². The Bertz CT molecular complexity index is 454. The lowest BCUT2D eigenvalue weighted by molar-refractivity contribution is -0.146. The van der Waals surface area contributed by atoms with Gasteiger partial charge in [0.2, 0.25) is 0 Å². The number of Topliss-reactive ketones (excluding diaryl/α,β-unsaturated/α-hetero) is 1. The first kappa shape index (κ1) is 14.4. The smallest absolute Gasteiger partial charge is 0.316 e. The van der Waals surface area contributed by atoms with E-state index in [2.05, 4.69) is 0 Å². The van der Waals surface area contributed by atoms with Gasteiger partial charge in [-0.3, -0.25) is 9.59 Å². The molecule has 0 N–H and O–H groups in total. The van der Waals surface area contributed by atoms with Crippen LogP contribution >= 0.6 is 0 Å². The number of ether oxygens (including phenoxy) is 1. The third kappa shape index (κ3) is 2.94. The highest BCUT2D eigenvalue weighted by Gasteiger charge is 2.29. The van der Waals surface area contributed by atoms with Crippen LogP contribution in [-0.2, 0) is 9.53 Å². The summed E-state index contributed by atoms with van der Waals surface area (Å²) in [5.74, 6) is -2.60. The average Bonchev–Trinajstić information content (AvgIpc) is 2.33. The van der Waals surface area contributed by atoms with Crippen molar-refractivity contribution < 1.29 is 18.7 Å². The molecule has 3 nitrogen and oxygen atoms in total. The van der Waals surface area contributed by atoms with Gasteiger partial charge in [-0.1, -0.05) is 19.1 Å². The van der Waals surface area contributed by atoms with E-state index in [4.69, 9.17) is 4.74 Å². The summed E-state index contributed by atoms with van der Waals surface area (Å²) in [5, 5.41) is 0. The van der Waals surface area contributed by atoms with Crippen LogP contribution in [0.2, 0.25) is 0 Å². The molecule has 18 heavy (non-hydrogen) atoms. The van der Waals surface area contributed by atoms with E-state index in [0.29, 0.717) is 12.0 Å². The Morgan fingerprint density at radius 2 is 2.00 bits per heavy atom. The van der Waals surface area contributed by atoms with Gasteiger partial charge < -0.3 is 4.74 Å². The summed E-state index contributed by atoms with van der Waals surface area (Å²) < 4.78 is 18.7. The molecule has 0 heterocycles. The van der Waals surface area contributed by atoms with Gasteiger partial charge in [0, 0.05) is 0 Å². The fourth-order valence-corrected chi connectivity index (χ4v) is 1.73. The van der Waals surface area contributed by atoms with Crippen molar-refractivity contribution in [1.82, 2.24) is 0 Å². The topological polar surface area (TPSA) is 43.4 Å². The zero-order valence-electron chi connectivity index (χ0n) is 10.8. The molecule has 0 bridgehead atoms. The second-order valence-corrected chi connectivity index (χ2v) is 4.01. The zero-order chi connectivity index (χ0) is 13.7. The van der Waals surface area contributed by atoms with E-state index in [1.54, 1.807) is 32.9 Å². The van der Waals surface area contributed by atoms with Crippen molar-refractivity contribution in [2.45, 2.75) is 27.2 Å². The van der Waals surface area contributed by atoms with Gasteiger partial charge in [-0.15, -0.1) is 0 Å². The first-order valence-corrected chi connectivity index (χ1v) is 5.98. The summed E-state index contributed by atoms with van der Waals surface area (Å²) >= 11 is 0. The fourth-order valence-electron chi connectivity index (χ4n) is 1.73. The molecule has 1 unspecified atom stereocenters. The zero-order valence-corrected chi connectivity index (χ0v) is 10.8. The third-order valence-corrected chi connectivity index (χ3v) is 2.75. The number of hydrogen-bond acceptors (Lipinski definition) is 3. The number of benzene rings is 1. The molecule has 0 spiro atoms. The number of ketones is 1. The lowest BCUT2D eigenvalue weighted by Crippen LogP contribution is -2.26. The molecule has 0 saturated carbocycles. The maximum absolute atomic E-state index is 13.8. The van der Waals surface area contributed by atoms with Crippen molar-refractivity contribution in [3.8, 4) is 0 Å². The Kier molecular flexibility index (Phi) is 5.01. The van der Waals surface area contributed by atoms with Gasteiger partial charge in [-0.2, -0.15) is 0 Å². The molecule has 1 aromatic carbocycles. The molecule has 0 amide bonds. The van der Waals surface area contributed by atoms with Crippen LogP contribution in [0.3, 0.4) is 0 Å². The molecule has 98 valence electrons. The minimum absolute atomic E-state index is 0.0464. The summed E-state index contributed by atoms with van der Waals surface area (Å²) in [4.78, 5) is 23.7. The molecular formula is C14H17FO3. The highest BCUT2D eigenvalue weighted by atomic mass is 19.1. The molecule has 0 aliphatic carbocycles. The van der Waals surface area contributed by atoms with Gasteiger partial charge in [0.05, 0.1) is 12.2 Å². The first-order valence-electron chi connectivity index (χ1n) is 5.98. The van der Waals surface area contributed by atoms with E-state index >= 15 is 0 Å². The maximum atomic E-state index is 13.8. The highest BCUT2D eigenvalue weighted by Crippen LogP contribution is 2.19. The van der Waals surface area contributed by atoms with Crippen LogP contribution in [0.25, 0.3) is 0 Å². The van der Waals surface area contributed by atoms with Crippen molar-refractivity contribution in [1.29, 1.82) is 0 Å². The normalized spacial score (nSPS) is 12.0. The number of carbonyl (C=O) groups is 2. The second-order valence-electron chi connectivity index (χ2n) is 4.01. The Morgan fingerprint density at radius 3 is 2.56 bits per heavy atom. The van der Waals surface area contributed by atoms with Gasteiger partial charge in [-0.25, -0.2) is 4.39 Å². The van der Waals surface area contributed by atoms with Gasteiger partial charge in [0.1, 0.15) is 11.7 Å². The van der Waals surface area contributed by atoms with Crippen LogP contribution in [0.1, 0.15) is 36.2 Å². The first-order chi connectivity index (χ1) is 8.52. The Balaban J connectivity index is 3.04. The maximum Gasteiger partial charge on any atom is 0.316 e. The van der Waals surface area contributed by atoms with E-state index < -0.39 is 23.5 Å². The average molecular weight is 252 g/mol. The van der Waals surface area contributed by atoms with Crippen LogP contribution in [-0.4, -0.2) is 18.4 Å². The summed E-state index contributed by atoms with van der Waals surface area (Å²) in [7, 11) is 0. The van der Waals surface area contributed by atoms with Crippen molar-refractivity contribution in [2.24, 2.45) is 5.92 Å². The molecule has 1 aromatic rings. The van der Waals surface area contributed by atoms with Crippen molar-refractivity contribution >= 4 is 11.8 Å². The summed E-state index contributed by atoms with van der Waals surface area (Å²) in [5.41, 5.74) is 0.342. The number of halogens is 1. The van der Waals surface area contributed by atoms with E-state index in [9.17, 15) is 14.0 Å². The van der Waals surface area contributed by atoms with Crippen molar-refractivity contribution in [2.75, 3.05) is 6.61 Å². The molecule has 0 aliphatic heterocycles. The molecular weight excluding hydrogens is 235 g/mol. The van der Waals surface area contributed by atoms with Crippen molar-refractivity contribution in [3.63, 3.8) is 0 Å². The predicted octanol–water partition coefficient (Wildman–Crippen LogP) is 2.91. The SMILES string of the molecule is CCOC(=O)C(CC)C(=O)c1cccc(C)c1F. The Morgan fingerprint density at radius 1 is 1.33 bits per heavy atom. The summed E-state index contributed by atoms with van der Waals surface area (Å²) in [6.07, 6.45) is 0.297. The van der Waals surface area contributed by atoms with E-state index in [0.717, 1.165) is 0 Å². The lowest BCUT2D eigenvalue weighted by Gasteiger charge is -2.13. The van der Waals surface area contributed by atoms with Gasteiger partial charge >= 0.3 is 5.97 Å². The predicted molar refractivity (Wildman–Crippen MR) is 65.9 cm³/mol. The van der Waals surface area contributed by atoms with Crippen LogP contribution in [0, 0.1) is 18.7 Å². The Hall–Kier alpha value is -1.71. The third-order valence-electron chi connectivity index (χ3n) is 2.75. The monoisotopic (exact) mass is 252 g/mol. The number of esters is 1. The lowest BCUT2D eigenvalue weighted by atomic mass is 9.94. The van der Waals surface area contributed by atoms with E-state index in [-0.39, 0.29) is 12.2 Å². The number of rotatable bonds is 5. The Labute approximate surface area is 106 Å². The van der Waals surface area contributed by atoms with E-state index in [1.165, 1.54) is 6.07 Å². The second kappa shape index (κ2) is 6.28. The van der Waals surface area contributed by atoms with Gasteiger partial charge in [0.15, 0.2) is 5.78 Å². The molecule has 0 saturated heterocycles.